The van der Waals surface area contributed by atoms with Gasteiger partial charge in [0.25, 0.3) is 0 Å². The second kappa shape index (κ2) is 4.23. The third kappa shape index (κ3) is 1.50. The molecule has 0 aliphatic rings. The summed E-state index contributed by atoms with van der Waals surface area (Å²) in [5, 5.41) is 9.19. The van der Waals surface area contributed by atoms with E-state index in [0.717, 1.165) is 30.1 Å². The first kappa shape index (κ1) is 10.5. The third-order valence-corrected chi connectivity index (χ3v) is 2.69. The fourth-order valence-corrected chi connectivity index (χ4v) is 1.83. The molecular weight excluding hydrogens is 200 g/mol. The maximum Gasteiger partial charge on any atom is 0.220 e. The van der Waals surface area contributed by atoms with Crippen LogP contribution in [0.5, 0.6) is 0 Å². The highest BCUT2D eigenvalue weighted by Gasteiger charge is 2.13. The smallest absolute Gasteiger partial charge is 0.220 e. The van der Waals surface area contributed by atoms with Gasteiger partial charge in [0.1, 0.15) is 0 Å². The van der Waals surface area contributed by atoms with Crippen molar-refractivity contribution in [2.75, 3.05) is 18.0 Å². The number of nitrogens with zero attached hydrogens (tertiary/aromatic N) is 4. The van der Waals surface area contributed by atoms with E-state index in [9.17, 15) is 5.26 Å². The van der Waals surface area contributed by atoms with Crippen LogP contribution in [0.25, 0.3) is 11.0 Å². The molecule has 0 amide bonds. The van der Waals surface area contributed by atoms with Crippen molar-refractivity contribution in [2.45, 2.75) is 13.8 Å². The normalized spacial score (nSPS) is 10.3. The Kier molecular flexibility index (Phi) is 2.78. The molecule has 0 aliphatic heterocycles. The molecule has 16 heavy (non-hydrogen) atoms. The first-order chi connectivity index (χ1) is 7.81. The SMILES string of the molecule is CCN(CC)c1nc2ccccc2n1C#N. The van der Waals surface area contributed by atoms with E-state index in [1.165, 1.54) is 0 Å². The Morgan fingerprint density at radius 3 is 2.62 bits per heavy atom. The lowest BCUT2D eigenvalue weighted by Crippen LogP contribution is -2.24. The van der Waals surface area contributed by atoms with Gasteiger partial charge in [-0.2, -0.15) is 5.26 Å². The predicted molar refractivity (Wildman–Crippen MR) is 64.3 cm³/mol. The number of fused-ring (bicyclic) bond motifs is 1. The standard InChI is InChI=1S/C12H14N4/c1-3-15(4-2)12-14-10-7-5-6-8-11(10)16(12)9-13/h5-8H,3-4H2,1-2H3. The Balaban J connectivity index is 2.66. The van der Waals surface area contributed by atoms with Gasteiger partial charge in [-0.15, -0.1) is 0 Å². The van der Waals surface area contributed by atoms with E-state index in [2.05, 4.69) is 29.9 Å². The molecule has 1 aromatic heterocycles. The van der Waals surface area contributed by atoms with Gasteiger partial charge in [-0.1, -0.05) is 12.1 Å². The minimum Gasteiger partial charge on any atom is -0.342 e. The molecule has 0 bridgehead atoms. The summed E-state index contributed by atoms with van der Waals surface area (Å²) in [6, 6.07) is 7.70. The van der Waals surface area contributed by atoms with E-state index < -0.39 is 0 Å². The van der Waals surface area contributed by atoms with Gasteiger partial charge in [0.05, 0.1) is 11.0 Å². The molecule has 0 saturated carbocycles. The molecule has 1 aromatic carbocycles. The maximum absolute atomic E-state index is 9.19. The monoisotopic (exact) mass is 214 g/mol. The molecule has 2 rings (SSSR count). The molecule has 1 heterocycles. The second-order valence-corrected chi connectivity index (χ2v) is 3.51. The number of benzene rings is 1. The lowest BCUT2D eigenvalue weighted by molar-refractivity contribution is 0.815. The minimum absolute atomic E-state index is 0.730. The van der Waals surface area contributed by atoms with Crippen molar-refractivity contribution >= 4 is 17.0 Å². The summed E-state index contributed by atoms with van der Waals surface area (Å²) in [4.78, 5) is 6.56. The van der Waals surface area contributed by atoms with Gasteiger partial charge in [-0.3, -0.25) is 0 Å². The van der Waals surface area contributed by atoms with Crippen molar-refractivity contribution in [1.29, 1.82) is 5.26 Å². The Morgan fingerprint density at radius 2 is 2.00 bits per heavy atom. The summed E-state index contributed by atoms with van der Waals surface area (Å²) in [7, 11) is 0. The molecule has 0 spiro atoms. The van der Waals surface area contributed by atoms with E-state index in [4.69, 9.17) is 0 Å². The van der Waals surface area contributed by atoms with Gasteiger partial charge in [0, 0.05) is 13.1 Å². The van der Waals surface area contributed by atoms with Crippen molar-refractivity contribution in [2.24, 2.45) is 0 Å². The summed E-state index contributed by atoms with van der Waals surface area (Å²) < 4.78 is 1.59. The number of nitriles is 1. The van der Waals surface area contributed by atoms with Crippen LogP contribution in [0.1, 0.15) is 13.8 Å². The summed E-state index contributed by atoms with van der Waals surface area (Å²) in [6.07, 6.45) is 2.18. The number of imidazole rings is 1. The highest BCUT2D eigenvalue weighted by atomic mass is 15.3. The fraction of sp³-hybridized carbons (Fsp3) is 0.333. The molecule has 0 atom stereocenters. The van der Waals surface area contributed by atoms with Gasteiger partial charge in [-0.25, -0.2) is 9.55 Å². The third-order valence-electron chi connectivity index (χ3n) is 2.69. The summed E-state index contributed by atoms with van der Waals surface area (Å²) in [5.41, 5.74) is 1.73. The van der Waals surface area contributed by atoms with Gasteiger partial charge >= 0.3 is 0 Å². The number of para-hydroxylation sites is 2. The molecule has 82 valence electrons. The zero-order valence-electron chi connectivity index (χ0n) is 9.51. The predicted octanol–water partition coefficient (Wildman–Crippen LogP) is 2.21. The summed E-state index contributed by atoms with van der Waals surface area (Å²) in [5.74, 6) is 0.730. The molecule has 0 aliphatic carbocycles. The topological polar surface area (TPSA) is 44.9 Å². The van der Waals surface area contributed by atoms with Crippen molar-refractivity contribution in [3.63, 3.8) is 0 Å². The molecule has 0 fully saturated rings. The van der Waals surface area contributed by atoms with Crippen LogP contribution in [0.3, 0.4) is 0 Å². The van der Waals surface area contributed by atoms with E-state index in [1.54, 1.807) is 4.57 Å². The van der Waals surface area contributed by atoms with E-state index >= 15 is 0 Å². The number of rotatable bonds is 3. The van der Waals surface area contributed by atoms with Crippen molar-refractivity contribution < 1.29 is 0 Å². The van der Waals surface area contributed by atoms with Crippen LogP contribution < -0.4 is 4.90 Å². The van der Waals surface area contributed by atoms with Gasteiger partial charge in [0.15, 0.2) is 6.19 Å². The quantitative estimate of drug-likeness (QED) is 0.786. The molecule has 4 nitrogen and oxygen atoms in total. The van der Waals surface area contributed by atoms with Crippen molar-refractivity contribution in [3.8, 4) is 6.19 Å². The van der Waals surface area contributed by atoms with Crippen LogP contribution >= 0.6 is 0 Å². The number of aromatic nitrogens is 2. The average molecular weight is 214 g/mol. The zero-order valence-corrected chi connectivity index (χ0v) is 9.51. The van der Waals surface area contributed by atoms with Crippen LogP contribution in [0.2, 0.25) is 0 Å². The van der Waals surface area contributed by atoms with E-state index in [-0.39, 0.29) is 0 Å². The van der Waals surface area contributed by atoms with Crippen LogP contribution in [-0.4, -0.2) is 22.6 Å². The Hall–Kier alpha value is -2.02. The van der Waals surface area contributed by atoms with Gasteiger partial charge in [-0.05, 0) is 26.0 Å². The molecule has 4 heteroatoms. The Bertz CT molecular complexity index is 531. The maximum atomic E-state index is 9.19. The largest absolute Gasteiger partial charge is 0.342 e. The first-order valence-corrected chi connectivity index (χ1v) is 5.44. The van der Waals surface area contributed by atoms with E-state index in [1.807, 2.05) is 24.3 Å². The van der Waals surface area contributed by atoms with Crippen LogP contribution in [0, 0.1) is 11.5 Å². The van der Waals surface area contributed by atoms with E-state index in [0.29, 0.717) is 0 Å². The Labute approximate surface area is 94.7 Å². The molecule has 0 N–H and O–H groups in total. The molecule has 0 unspecified atom stereocenters. The summed E-state index contributed by atoms with van der Waals surface area (Å²) in [6.45, 7) is 5.82. The minimum atomic E-state index is 0.730. The van der Waals surface area contributed by atoms with Gasteiger partial charge in [0.2, 0.25) is 5.95 Å². The lowest BCUT2D eigenvalue weighted by atomic mass is 10.3. The van der Waals surface area contributed by atoms with Crippen molar-refractivity contribution in [3.05, 3.63) is 24.3 Å². The second-order valence-electron chi connectivity index (χ2n) is 3.51. The number of anilines is 1. The van der Waals surface area contributed by atoms with Crippen LogP contribution in [-0.2, 0) is 0 Å². The Morgan fingerprint density at radius 1 is 1.31 bits per heavy atom. The molecule has 2 aromatic rings. The number of hydrogen-bond acceptors (Lipinski definition) is 3. The molecule has 0 radical (unpaired) electrons. The van der Waals surface area contributed by atoms with Crippen molar-refractivity contribution in [1.82, 2.24) is 9.55 Å². The number of hydrogen-bond donors (Lipinski definition) is 0. The fourth-order valence-electron chi connectivity index (χ4n) is 1.83. The first-order valence-electron chi connectivity index (χ1n) is 5.44. The zero-order chi connectivity index (χ0) is 11.5. The van der Waals surface area contributed by atoms with Gasteiger partial charge < -0.3 is 4.90 Å². The average Bonchev–Trinajstić information content (AvgIpc) is 2.69. The lowest BCUT2D eigenvalue weighted by Gasteiger charge is -2.18. The molecular formula is C12H14N4. The highest BCUT2D eigenvalue weighted by Crippen LogP contribution is 2.21. The van der Waals surface area contributed by atoms with Crippen LogP contribution in [0.4, 0.5) is 5.95 Å². The molecule has 0 saturated heterocycles. The van der Waals surface area contributed by atoms with Crippen LogP contribution in [0.15, 0.2) is 24.3 Å². The summed E-state index contributed by atoms with van der Waals surface area (Å²) >= 11 is 0. The highest BCUT2D eigenvalue weighted by molar-refractivity contribution is 5.79.